The molecule has 0 bridgehead atoms. The maximum Gasteiger partial charge on any atom is 0.281 e. The van der Waals surface area contributed by atoms with Gasteiger partial charge in [0.2, 0.25) is 0 Å². The summed E-state index contributed by atoms with van der Waals surface area (Å²) in [7, 11) is 0. The fraction of sp³-hybridized carbons (Fsp3) is 0.316. The average Bonchev–Trinajstić information content (AvgIpc) is 2.62. The molecule has 1 aliphatic heterocycles. The van der Waals surface area contributed by atoms with Crippen LogP contribution in [-0.4, -0.2) is 22.8 Å². The summed E-state index contributed by atoms with van der Waals surface area (Å²) in [5, 5.41) is 14.1. The Bertz CT molecular complexity index is 700. The van der Waals surface area contributed by atoms with E-state index in [1.54, 1.807) is 12.1 Å². The Kier molecular flexibility index (Phi) is 5.01. The van der Waals surface area contributed by atoms with E-state index in [1.807, 2.05) is 36.4 Å². The maximum atomic E-state index is 12.3. The van der Waals surface area contributed by atoms with Gasteiger partial charge in [0.05, 0.1) is 12.2 Å². The molecule has 0 saturated heterocycles. The molecular formula is C19H22N2O3. The highest BCUT2D eigenvalue weighted by atomic mass is 16.5. The predicted molar refractivity (Wildman–Crippen MR) is 92.2 cm³/mol. The minimum atomic E-state index is -0.610. The molecule has 0 aromatic heterocycles. The quantitative estimate of drug-likeness (QED) is 0.616. The van der Waals surface area contributed by atoms with Gasteiger partial charge in [0.25, 0.3) is 5.91 Å². The first-order valence-electron chi connectivity index (χ1n) is 8.31. The Labute approximate surface area is 141 Å². The zero-order valence-corrected chi connectivity index (χ0v) is 13.7. The minimum Gasteiger partial charge on any atom is -0.494 e. The van der Waals surface area contributed by atoms with Gasteiger partial charge < -0.3 is 10.1 Å². The highest BCUT2D eigenvalue weighted by Crippen LogP contribution is 2.32. The van der Waals surface area contributed by atoms with Gasteiger partial charge in [-0.1, -0.05) is 44.0 Å². The summed E-state index contributed by atoms with van der Waals surface area (Å²) in [6, 6.07) is 14.6. The maximum absolute atomic E-state index is 12.3. The third-order valence-corrected chi connectivity index (χ3v) is 4.11. The summed E-state index contributed by atoms with van der Waals surface area (Å²) in [4.78, 5) is 12.3. The SMILES string of the molecule is CCCCCOc1ccc(C2Nc3ccccc3C(=O)N2O)cc1. The average molecular weight is 326 g/mol. The van der Waals surface area contributed by atoms with Crippen molar-refractivity contribution in [2.75, 3.05) is 11.9 Å². The van der Waals surface area contributed by atoms with Gasteiger partial charge in [-0.05, 0) is 36.2 Å². The molecule has 1 amide bonds. The number of hydrogen-bond acceptors (Lipinski definition) is 4. The number of hydroxylamine groups is 2. The number of fused-ring (bicyclic) bond motifs is 1. The smallest absolute Gasteiger partial charge is 0.281 e. The first kappa shape index (κ1) is 16.3. The molecule has 0 radical (unpaired) electrons. The molecule has 5 nitrogen and oxygen atoms in total. The molecule has 24 heavy (non-hydrogen) atoms. The standard InChI is InChI=1S/C19H22N2O3/c1-2-3-6-13-24-15-11-9-14(10-12-15)18-20-17-8-5-4-7-16(17)19(22)21(18)23/h4-5,7-12,18,20,23H,2-3,6,13H2,1H3. The summed E-state index contributed by atoms with van der Waals surface area (Å²) in [5.74, 6) is 0.385. The number of nitrogens with zero attached hydrogens (tertiary/aromatic N) is 1. The van der Waals surface area contributed by atoms with E-state index in [-0.39, 0.29) is 0 Å². The van der Waals surface area contributed by atoms with Crippen LogP contribution in [0.25, 0.3) is 0 Å². The highest BCUT2D eigenvalue weighted by molar-refractivity contribution is 6.00. The second-order valence-electron chi connectivity index (χ2n) is 5.87. The van der Waals surface area contributed by atoms with Gasteiger partial charge in [0.15, 0.2) is 6.17 Å². The van der Waals surface area contributed by atoms with E-state index < -0.39 is 12.1 Å². The highest BCUT2D eigenvalue weighted by Gasteiger charge is 2.31. The van der Waals surface area contributed by atoms with E-state index in [9.17, 15) is 10.0 Å². The second-order valence-corrected chi connectivity index (χ2v) is 5.87. The van der Waals surface area contributed by atoms with Gasteiger partial charge in [0.1, 0.15) is 5.75 Å². The number of carbonyl (C=O) groups is 1. The van der Waals surface area contributed by atoms with Crippen molar-refractivity contribution in [3.05, 3.63) is 59.7 Å². The molecule has 2 aromatic carbocycles. The van der Waals surface area contributed by atoms with E-state index in [1.165, 1.54) is 0 Å². The van der Waals surface area contributed by atoms with Crippen LogP contribution in [0.5, 0.6) is 5.75 Å². The van der Waals surface area contributed by atoms with Crippen molar-refractivity contribution in [3.63, 3.8) is 0 Å². The number of unbranched alkanes of at least 4 members (excludes halogenated alkanes) is 2. The van der Waals surface area contributed by atoms with Crippen LogP contribution in [0.3, 0.4) is 0 Å². The van der Waals surface area contributed by atoms with Gasteiger partial charge in [-0.2, -0.15) is 5.06 Å². The molecule has 1 aliphatic rings. The summed E-state index contributed by atoms with van der Waals surface area (Å²) in [6.07, 6.45) is 2.75. The number of amides is 1. The molecule has 3 rings (SSSR count). The largest absolute Gasteiger partial charge is 0.494 e. The van der Waals surface area contributed by atoms with Crippen molar-refractivity contribution in [3.8, 4) is 5.75 Å². The normalized spacial score (nSPS) is 16.5. The van der Waals surface area contributed by atoms with Gasteiger partial charge in [0, 0.05) is 5.69 Å². The number of nitrogens with one attached hydrogen (secondary N) is 1. The van der Waals surface area contributed by atoms with E-state index in [0.717, 1.165) is 41.3 Å². The number of rotatable bonds is 6. The van der Waals surface area contributed by atoms with Crippen LogP contribution < -0.4 is 10.1 Å². The third kappa shape index (κ3) is 3.36. The van der Waals surface area contributed by atoms with E-state index in [4.69, 9.17) is 4.74 Å². The van der Waals surface area contributed by atoms with Gasteiger partial charge in [-0.3, -0.25) is 10.0 Å². The summed E-state index contributed by atoms with van der Waals surface area (Å²) in [5.41, 5.74) is 1.98. The van der Waals surface area contributed by atoms with E-state index in [2.05, 4.69) is 12.2 Å². The van der Waals surface area contributed by atoms with Gasteiger partial charge in [-0.15, -0.1) is 0 Å². The fourth-order valence-electron chi connectivity index (χ4n) is 2.76. The van der Waals surface area contributed by atoms with Crippen LogP contribution in [0.1, 0.15) is 48.3 Å². The van der Waals surface area contributed by atoms with Crippen LogP contribution >= 0.6 is 0 Å². The van der Waals surface area contributed by atoms with Crippen molar-refractivity contribution in [1.82, 2.24) is 5.06 Å². The van der Waals surface area contributed by atoms with Crippen molar-refractivity contribution in [2.24, 2.45) is 0 Å². The lowest BCUT2D eigenvalue weighted by Gasteiger charge is -2.33. The number of para-hydroxylation sites is 1. The lowest BCUT2D eigenvalue weighted by Crippen LogP contribution is -2.40. The van der Waals surface area contributed by atoms with Crippen LogP contribution in [0.15, 0.2) is 48.5 Å². The molecule has 126 valence electrons. The lowest BCUT2D eigenvalue weighted by atomic mass is 10.1. The Morgan fingerprint density at radius 1 is 1.12 bits per heavy atom. The number of anilines is 1. The van der Waals surface area contributed by atoms with Crippen LogP contribution in [0, 0.1) is 0 Å². The number of ether oxygens (including phenoxy) is 1. The van der Waals surface area contributed by atoms with Crippen LogP contribution in [-0.2, 0) is 0 Å². The Hall–Kier alpha value is -2.53. The van der Waals surface area contributed by atoms with Crippen LogP contribution in [0.2, 0.25) is 0 Å². The van der Waals surface area contributed by atoms with Crippen molar-refractivity contribution >= 4 is 11.6 Å². The molecule has 0 fully saturated rings. The lowest BCUT2D eigenvalue weighted by molar-refractivity contribution is -0.0851. The Balaban J connectivity index is 1.71. The summed E-state index contributed by atoms with van der Waals surface area (Å²) in [6.45, 7) is 2.86. The van der Waals surface area contributed by atoms with E-state index in [0.29, 0.717) is 12.2 Å². The topological polar surface area (TPSA) is 61.8 Å². The first-order valence-corrected chi connectivity index (χ1v) is 8.31. The van der Waals surface area contributed by atoms with Gasteiger partial charge >= 0.3 is 0 Å². The number of hydrogen-bond donors (Lipinski definition) is 2. The molecule has 1 unspecified atom stereocenters. The van der Waals surface area contributed by atoms with Crippen molar-refractivity contribution in [2.45, 2.75) is 32.4 Å². The summed E-state index contributed by atoms with van der Waals surface area (Å²) >= 11 is 0. The monoisotopic (exact) mass is 326 g/mol. The zero-order valence-electron chi connectivity index (χ0n) is 13.7. The van der Waals surface area contributed by atoms with Crippen LogP contribution in [0.4, 0.5) is 5.69 Å². The molecule has 0 spiro atoms. The van der Waals surface area contributed by atoms with Crippen molar-refractivity contribution < 1.29 is 14.7 Å². The minimum absolute atomic E-state index is 0.408. The molecule has 1 atom stereocenters. The third-order valence-electron chi connectivity index (χ3n) is 4.11. The molecule has 5 heteroatoms. The van der Waals surface area contributed by atoms with E-state index >= 15 is 0 Å². The summed E-state index contributed by atoms with van der Waals surface area (Å²) < 4.78 is 5.69. The molecule has 0 saturated carbocycles. The molecule has 0 aliphatic carbocycles. The van der Waals surface area contributed by atoms with Crippen molar-refractivity contribution in [1.29, 1.82) is 0 Å². The predicted octanol–water partition coefficient (Wildman–Crippen LogP) is 4.21. The Morgan fingerprint density at radius 3 is 2.62 bits per heavy atom. The van der Waals surface area contributed by atoms with Gasteiger partial charge in [-0.25, -0.2) is 0 Å². The fourth-order valence-corrected chi connectivity index (χ4v) is 2.76. The number of benzene rings is 2. The molecular weight excluding hydrogens is 304 g/mol. The molecule has 2 aromatic rings. The number of carbonyl (C=O) groups excluding carboxylic acids is 1. The zero-order chi connectivity index (χ0) is 16.9. The molecule has 2 N–H and O–H groups in total. The first-order chi connectivity index (χ1) is 11.7. The molecule has 1 heterocycles. The Morgan fingerprint density at radius 2 is 1.88 bits per heavy atom. The second kappa shape index (κ2) is 7.36.